The number of carboxylic acid groups (broad SMARTS) is 1. The van der Waals surface area contributed by atoms with E-state index in [0.717, 1.165) is 11.1 Å². The van der Waals surface area contributed by atoms with Gasteiger partial charge in [0.05, 0.1) is 5.56 Å². The highest BCUT2D eigenvalue weighted by Crippen LogP contribution is 2.27. The molecule has 0 aliphatic heterocycles. The number of aromatic carboxylic acids is 1. The first-order chi connectivity index (χ1) is 13.0. The molecule has 0 atom stereocenters. The van der Waals surface area contributed by atoms with Crippen molar-refractivity contribution < 1.29 is 19.1 Å². The van der Waals surface area contributed by atoms with Crippen LogP contribution in [0.5, 0.6) is 0 Å². The van der Waals surface area contributed by atoms with Crippen molar-refractivity contribution in [1.29, 1.82) is 5.26 Å². The lowest BCUT2D eigenvalue weighted by atomic mass is 10.0. The summed E-state index contributed by atoms with van der Waals surface area (Å²) in [5.41, 5.74) is 2.09. The van der Waals surface area contributed by atoms with E-state index in [1.54, 1.807) is 61.5 Å². The number of nitriles is 1. The van der Waals surface area contributed by atoms with Crippen LogP contribution in [0.3, 0.4) is 0 Å². The van der Waals surface area contributed by atoms with Gasteiger partial charge in [-0.05, 0) is 36.8 Å². The standard InChI is InChI=1S/C22H15NO4/c1-14-11-16(22(25)26)7-9-19(14)20-10-8-18(27-20)12-17(13-23)21(24)15-5-3-2-4-6-15/h2-12H,1H3,(H,25,26)/b17-12+. The number of Topliss-reactive ketones (excluding diaryl/α,β-unsaturated/α-hetero) is 1. The van der Waals surface area contributed by atoms with Crippen LogP contribution in [0.25, 0.3) is 17.4 Å². The summed E-state index contributed by atoms with van der Waals surface area (Å²) in [7, 11) is 0. The molecule has 5 nitrogen and oxygen atoms in total. The highest BCUT2D eigenvalue weighted by Gasteiger charge is 2.14. The molecule has 1 aromatic heterocycles. The molecule has 0 fully saturated rings. The van der Waals surface area contributed by atoms with Crippen LogP contribution in [-0.4, -0.2) is 16.9 Å². The molecular weight excluding hydrogens is 342 g/mol. The Morgan fingerprint density at radius 1 is 1.04 bits per heavy atom. The molecule has 0 aliphatic carbocycles. The van der Waals surface area contributed by atoms with Gasteiger partial charge in [-0.1, -0.05) is 36.4 Å². The van der Waals surface area contributed by atoms with Crippen molar-refractivity contribution in [2.75, 3.05) is 0 Å². The smallest absolute Gasteiger partial charge is 0.335 e. The molecule has 0 saturated heterocycles. The summed E-state index contributed by atoms with van der Waals surface area (Å²) in [5.74, 6) is -0.475. The van der Waals surface area contributed by atoms with Crippen LogP contribution in [0.2, 0.25) is 0 Å². The fourth-order valence-electron chi connectivity index (χ4n) is 2.68. The van der Waals surface area contributed by atoms with E-state index in [1.807, 2.05) is 6.07 Å². The lowest BCUT2D eigenvalue weighted by Gasteiger charge is -2.04. The number of nitrogens with zero attached hydrogens (tertiary/aromatic N) is 1. The first-order valence-corrected chi connectivity index (χ1v) is 8.15. The van der Waals surface area contributed by atoms with Gasteiger partial charge in [-0.15, -0.1) is 0 Å². The number of allylic oxidation sites excluding steroid dienone is 1. The molecule has 3 rings (SSSR count). The number of aryl methyl sites for hydroxylation is 1. The number of furan rings is 1. The van der Waals surface area contributed by atoms with E-state index in [-0.39, 0.29) is 16.9 Å². The van der Waals surface area contributed by atoms with Crippen LogP contribution in [0.15, 0.2) is 70.7 Å². The third kappa shape index (κ3) is 3.86. The zero-order valence-corrected chi connectivity index (χ0v) is 14.5. The van der Waals surface area contributed by atoms with Crippen LogP contribution in [0, 0.1) is 18.3 Å². The van der Waals surface area contributed by atoms with E-state index in [1.165, 1.54) is 12.1 Å². The highest BCUT2D eigenvalue weighted by molar-refractivity contribution is 6.13. The summed E-state index contributed by atoms with van der Waals surface area (Å²) >= 11 is 0. The average molecular weight is 357 g/mol. The number of hydrogen-bond donors (Lipinski definition) is 1. The van der Waals surface area contributed by atoms with Gasteiger partial charge >= 0.3 is 5.97 Å². The summed E-state index contributed by atoms with van der Waals surface area (Å²) in [5, 5.41) is 18.4. The molecular formula is C22H15NO4. The summed E-state index contributed by atoms with van der Waals surface area (Å²) < 4.78 is 5.74. The lowest BCUT2D eigenvalue weighted by molar-refractivity contribution is 0.0696. The van der Waals surface area contributed by atoms with Crippen molar-refractivity contribution in [3.8, 4) is 17.4 Å². The third-order valence-corrected chi connectivity index (χ3v) is 4.05. The Morgan fingerprint density at radius 2 is 1.78 bits per heavy atom. The predicted molar refractivity (Wildman–Crippen MR) is 100 cm³/mol. The number of carboxylic acids is 1. The maximum Gasteiger partial charge on any atom is 0.335 e. The van der Waals surface area contributed by atoms with E-state index >= 15 is 0 Å². The maximum atomic E-state index is 12.4. The summed E-state index contributed by atoms with van der Waals surface area (Å²) in [6.45, 7) is 1.79. The predicted octanol–water partition coefficient (Wildman–Crippen LogP) is 4.74. The minimum absolute atomic E-state index is 0.0277. The molecule has 1 heterocycles. The molecule has 5 heteroatoms. The van der Waals surface area contributed by atoms with Gasteiger partial charge in [0.25, 0.3) is 0 Å². The second-order valence-corrected chi connectivity index (χ2v) is 5.90. The zero-order chi connectivity index (χ0) is 19.4. The van der Waals surface area contributed by atoms with Crippen molar-refractivity contribution in [3.63, 3.8) is 0 Å². The molecule has 132 valence electrons. The van der Waals surface area contributed by atoms with E-state index in [0.29, 0.717) is 17.1 Å². The van der Waals surface area contributed by atoms with Crippen molar-refractivity contribution in [3.05, 3.63) is 88.7 Å². The number of hydrogen-bond acceptors (Lipinski definition) is 4. The van der Waals surface area contributed by atoms with Crippen molar-refractivity contribution in [1.82, 2.24) is 0 Å². The maximum absolute atomic E-state index is 12.4. The average Bonchev–Trinajstić information content (AvgIpc) is 3.14. The van der Waals surface area contributed by atoms with Gasteiger partial charge in [-0.25, -0.2) is 4.79 Å². The van der Waals surface area contributed by atoms with E-state index in [2.05, 4.69) is 0 Å². The van der Waals surface area contributed by atoms with Crippen molar-refractivity contribution in [2.45, 2.75) is 6.92 Å². The molecule has 0 bridgehead atoms. The van der Waals surface area contributed by atoms with Crippen LogP contribution in [0.4, 0.5) is 0 Å². The summed E-state index contributed by atoms with van der Waals surface area (Å²) in [6.07, 6.45) is 1.40. The number of benzene rings is 2. The molecule has 0 saturated carbocycles. The molecule has 27 heavy (non-hydrogen) atoms. The first kappa shape index (κ1) is 17.9. The number of carbonyl (C=O) groups excluding carboxylic acids is 1. The van der Waals surface area contributed by atoms with E-state index in [9.17, 15) is 14.9 Å². The SMILES string of the molecule is Cc1cc(C(=O)O)ccc1-c1ccc(/C=C(\C#N)C(=O)c2ccccc2)o1. The molecule has 1 N–H and O–H groups in total. The molecule has 0 radical (unpaired) electrons. The Labute approximate surface area is 155 Å². The van der Waals surface area contributed by atoms with Gasteiger partial charge in [-0.2, -0.15) is 5.26 Å². The van der Waals surface area contributed by atoms with Gasteiger partial charge in [0.1, 0.15) is 23.2 Å². The van der Waals surface area contributed by atoms with Gasteiger partial charge in [0, 0.05) is 17.2 Å². The fourth-order valence-corrected chi connectivity index (χ4v) is 2.68. The monoisotopic (exact) mass is 357 g/mol. The summed E-state index contributed by atoms with van der Waals surface area (Å²) in [6, 6.07) is 18.6. The number of carbonyl (C=O) groups is 2. The van der Waals surface area contributed by atoms with Crippen LogP contribution in [0.1, 0.15) is 32.0 Å². The third-order valence-electron chi connectivity index (χ3n) is 4.05. The highest BCUT2D eigenvalue weighted by atomic mass is 16.4. The Balaban J connectivity index is 1.91. The normalized spacial score (nSPS) is 11.0. The fraction of sp³-hybridized carbons (Fsp3) is 0.0455. The van der Waals surface area contributed by atoms with Gasteiger partial charge in [0.2, 0.25) is 5.78 Å². The van der Waals surface area contributed by atoms with Gasteiger partial charge in [0.15, 0.2) is 0 Å². The van der Waals surface area contributed by atoms with Crippen molar-refractivity contribution in [2.24, 2.45) is 0 Å². The lowest BCUT2D eigenvalue weighted by Crippen LogP contribution is -2.01. The quantitative estimate of drug-likeness (QED) is 0.404. The van der Waals surface area contributed by atoms with Crippen LogP contribution < -0.4 is 0 Å². The molecule has 3 aromatic rings. The van der Waals surface area contributed by atoms with Crippen LogP contribution in [-0.2, 0) is 0 Å². The Kier molecular flexibility index (Phi) is 5.00. The second-order valence-electron chi connectivity index (χ2n) is 5.90. The Hall–Kier alpha value is -3.91. The van der Waals surface area contributed by atoms with E-state index in [4.69, 9.17) is 9.52 Å². The van der Waals surface area contributed by atoms with Gasteiger partial charge in [-0.3, -0.25) is 4.79 Å². The minimum Gasteiger partial charge on any atom is -0.478 e. The number of ketones is 1. The topological polar surface area (TPSA) is 91.3 Å². The van der Waals surface area contributed by atoms with Crippen LogP contribution >= 0.6 is 0 Å². The molecule has 0 spiro atoms. The molecule has 0 aliphatic rings. The molecule has 0 amide bonds. The summed E-state index contributed by atoms with van der Waals surface area (Å²) in [4.78, 5) is 23.5. The number of rotatable bonds is 5. The second kappa shape index (κ2) is 7.54. The van der Waals surface area contributed by atoms with Gasteiger partial charge < -0.3 is 9.52 Å². The minimum atomic E-state index is -0.995. The first-order valence-electron chi connectivity index (χ1n) is 8.15. The van der Waals surface area contributed by atoms with Crippen molar-refractivity contribution >= 4 is 17.8 Å². The molecule has 2 aromatic carbocycles. The largest absolute Gasteiger partial charge is 0.478 e. The zero-order valence-electron chi connectivity index (χ0n) is 14.5. The Bertz CT molecular complexity index is 1090. The Morgan fingerprint density at radius 3 is 2.41 bits per heavy atom. The van der Waals surface area contributed by atoms with E-state index < -0.39 is 5.97 Å². The molecule has 0 unspecified atom stereocenters.